The number of imidazole rings is 1. The van der Waals surface area contributed by atoms with Gasteiger partial charge in [0, 0.05) is 29.1 Å². The molecule has 2 atom stereocenters. The minimum atomic E-state index is -2.46. The van der Waals surface area contributed by atoms with Crippen molar-refractivity contribution in [1.82, 2.24) is 9.55 Å². The molecule has 0 radical (unpaired) electrons. The molecule has 2 aliphatic carbocycles. The summed E-state index contributed by atoms with van der Waals surface area (Å²) in [6.45, 7) is 3.30. The zero-order valence-electron chi connectivity index (χ0n) is 38.0. The van der Waals surface area contributed by atoms with E-state index in [0.717, 1.165) is 83.9 Å². The summed E-state index contributed by atoms with van der Waals surface area (Å²) in [4.78, 5) is 7.59. The van der Waals surface area contributed by atoms with E-state index in [1.807, 2.05) is 24.3 Å². The zero-order valence-corrected chi connectivity index (χ0v) is 33.0. The van der Waals surface area contributed by atoms with Gasteiger partial charge in [-0.2, -0.15) is 0 Å². The third kappa shape index (κ3) is 4.93. The first-order valence-electron chi connectivity index (χ1n) is 22.9. The summed E-state index contributed by atoms with van der Waals surface area (Å²) >= 11 is 0. The smallest absolute Gasteiger partial charge is 0.212 e. The number of nitrogens with zero attached hydrogens (tertiary/aromatic N) is 3. The van der Waals surface area contributed by atoms with Crippen molar-refractivity contribution >= 4 is 22.7 Å². The van der Waals surface area contributed by atoms with Crippen LogP contribution in [0.25, 0.3) is 66.7 Å². The molecular formula is C55H43N3O. The fourth-order valence-electron chi connectivity index (χ4n) is 10.1. The minimum absolute atomic E-state index is 0.0404. The van der Waals surface area contributed by atoms with Gasteiger partial charge in [-0.1, -0.05) is 136 Å². The molecule has 2 aliphatic heterocycles. The van der Waals surface area contributed by atoms with Gasteiger partial charge in [0.05, 0.1) is 23.1 Å². The number of allylic oxidation sites excluding steroid dienone is 2. The Hall–Kier alpha value is -6.91. The molecule has 0 N–H and O–H groups in total. The normalized spacial score (nSPS) is 19.0. The molecule has 284 valence electrons. The summed E-state index contributed by atoms with van der Waals surface area (Å²) in [5.74, 6) is 1.92. The molecule has 7 aromatic carbocycles. The van der Waals surface area contributed by atoms with Crippen LogP contribution in [0.1, 0.15) is 55.9 Å². The fourth-order valence-corrected chi connectivity index (χ4v) is 10.1. The molecule has 4 heteroatoms. The second-order valence-electron chi connectivity index (χ2n) is 16.6. The lowest BCUT2D eigenvalue weighted by Gasteiger charge is -2.35. The van der Waals surface area contributed by atoms with Gasteiger partial charge in [-0.25, -0.2) is 4.98 Å². The number of aryl methyl sites for hydroxylation is 2. The average Bonchev–Trinajstić information content (AvgIpc) is 3.82. The molecule has 0 spiro atoms. The molecule has 0 fully saturated rings. The van der Waals surface area contributed by atoms with Gasteiger partial charge >= 0.3 is 0 Å². The van der Waals surface area contributed by atoms with Crippen LogP contribution < -0.4 is 9.64 Å². The summed E-state index contributed by atoms with van der Waals surface area (Å²) in [6.07, 6.45) is 7.23. The van der Waals surface area contributed by atoms with E-state index in [2.05, 4.69) is 151 Å². The van der Waals surface area contributed by atoms with Crippen LogP contribution >= 0.6 is 0 Å². The van der Waals surface area contributed by atoms with E-state index in [0.29, 0.717) is 22.6 Å². The Balaban J connectivity index is 1.07. The number of hydrogen-bond acceptors (Lipinski definition) is 3. The predicted octanol–water partition coefficient (Wildman–Crippen LogP) is 14.2. The summed E-state index contributed by atoms with van der Waals surface area (Å²) in [5, 5.41) is 0. The standard InChI is InChI=1S/C55H43N3O/c1-5-34-22-27-46-53(29-34)59-52-28-33(2)43(32-47(52)55(46,3)4)35-23-25-42-44(30-35)40-17-9-8-15-38(40)37-14-6-7-16-39(37)41-26-24-36(31-45(41)42)57-50-20-12-13-21-51(50)58-49-19-11-10-18-48(49)56-54(57)58/h6-32,50-51H,5H2,1-4H3/i2D3,5D2. The van der Waals surface area contributed by atoms with Crippen LogP contribution in [0.3, 0.4) is 0 Å². The highest BCUT2D eigenvalue weighted by Crippen LogP contribution is 2.53. The van der Waals surface area contributed by atoms with Crippen molar-refractivity contribution in [1.29, 1.82) is 0 Å². The zero-order chi connectivity index (χ0) is 43.9. The molecule has 1 aromatic heterocycles. The second-order valence-corrected chi connectivity index (χ2v) is 16.6. The van der Waals surface area contributed by atoms with Gasteiger partial charge in [-0.05, 0) is 129 Å². The first-order chi connectivity index (χ1) is 30.8. The van der Waals surface area contributed by atoms with Crippen LogP contribution in [0.15, 0.2) is 164 Å². The molecule has 0 amide bonds. The van der Waals surface area contributed by atoms with Crippen molar-refractivity contribution in [2.75, 3.05) is 4.90 Å². The summed E-state index contributed by atoms with van der Waals surface area (Å²) in [5.41, 5.74) is 15.1. The molecular weight excluding hydrogens is 719 g/mol. The monoisotopic (exact) mass is 766 g/mol. The maximum absolute atomic E-state index is 8.85. The molecule has 12 rings (SSSR count). The van der Waals surface area contributed by atoms with Crippen LogP contribution in [-0.4, -0.2) is 15.6 Å². The third-order valence-electron chi connectivity index (χ3n) is 13.0. The minimum Gasteiger partial charge on any atom is -0.457 e. The lowest BCUT2D eigenvalue weighted by atomic mass is 9.74. The maximum atomic E-state index is 8.85. The summed E-state index contributed by atoms with van der Waals surface area (Å²) in [6, 6.07) is 48.0. The maximum Gasteiger partial charge on any atom is 0.212 e. The van der Waals surface area contributed by atoms with E-state index in [4.69, 9.17) is 16.6 Å². The number of hydrogen-bond donors (Lipinski definition) is 0. The molecule has 8 aromatic rings. The van der Waals surface area contributed by atoms with Gasteiger partial charge in [-0.3, -0.25) is 0 Å². The van der Waals surface area contributed by atoms with E-state index >= 15 is 0 Å². The highest BCUT2D eigenvalue weighted by Gasteiger charge is 2.40. The van der Waals surface area contributed by atoms with E-state index in [1.54, 1.807) is 12.1 Å². The van der Waals surface area contributed by atoms with Gasteiger partial charge < -0.3 is 14.2 Å². The molecule has 3 heterocycles. The molecule has 2 unspecified atom stereocenters. The Morgan fingerprint density at radius 2 is 1.27 bits per heavy atom. The van der Waals surface area contributed by atoms with Gasteiger partial charge in [0.1, 0.15) is 11.5 Å². The lowest BCUT2D eigenvalue weighted by molar-refractivity contribution is 0.417. The predicted molar refractivity (Wildman–Crippen MR) is 243 cm³/mol. The van der Waals surface area contributed by atoms with Crippen molar-refractivity contribution in [3.05, 3.63) is 186 Å². The fraction of sp³-hybridized carbons (Fsp3) is 0.145. The van der Waals surface area contributed by atoms with E-state index < -0.39 is 18.6 Å². The molecule has 0 bridgehead atoms. The topological polar surface area (TPSA) is 30.3 Å². The first kappa shape index (κ1) is 29.3. The Morgan fingerprint density at radius 3 is 2.03 bits per heavy atom. The van der Waals surface area contributed by atoms with Crippen molar-refractivity contribution in [2.24, 2.45) is 0 Å². The Morgan fingerprint density at radius 1 is 0.627 bits per heavy atom. The highest BCUT2D eigenvalue weighted by molar-refractivity contribution is 6.05. The first-order valence-corrected chi connectivity index (χ1v) is 20.4. The summed E-state index contributed by atoms with van der Waals surface area (Å²) < 4.78 is 52.1. The number of benzene rings is 7. The van der Waals surface area contributed by atoms with E-state index in [9.17, 15) is 0 Å². The molecule has 4 aliphatic rings. The largest absolute Gasteiger partial charge is 0.457 e. The van der Waals surface area contributed by atoms with Crippen LogP contribution in [0, 0.1) is 6.85 Å². The molecule has 59 heavy (non-hydrogen) atoms. The van der Waals surface area contributed by atoms with Crippen molar-refractivity contribution in [3.63, 3.8) is 0 Å². The third-order valence-corrected chi connectivity index (χ3v) is 13.0. The van der Waals surface area contributed by atoms with Gasteiger partial charge in [-0.15, -0.1) is 0 Å². The van der Waals surface area contributed by atoms with Crippen molar-refractivity contribution < 1.29 is 11.6 Å². The average molecular weight is 767 g/mol. The van der Waals surface area contributed by atoms with Gasteiger partial charge in [0.2, 0.25) is 5.95 Å². The number of para-hydroxylation sites is 2. The molecule has 0 saturated carbocycles. The van der Waals surface area contributed by atoms with Crippen molar-refractivity contribution in [3.8, 4) is 67.1 Å². The van der Waals surface area contributed by atoms with Crippen LogP contribution in [0.5, 0.6) is 11.5 Å². The lowest BCUT2D eigenvalue weighted by Crippen LogP contribution is -2.29. The molecule has 4 nitrogen and oxygen atoms in total. The van der Waals surface area contributed by atoms with Crippen molar-refractivity contribution in [2.45, 2.75) is 51.5 Å². The number of aromatic nitrogens is 2. The summed E-state index contributed by atoms with van der Waals surface area (Å²) in [7, 11) is 0. The quantitative estimate of drug-likeness (QED) is 0.179. The number of fused-ring (bicyclic) bond motifs is 15. The SMILES string of the molecule is [2H]C([2H])([2H])c1cc2c(cc1-c1ccc3c(c1)-c1ccccc1-c1ccccc1-c1ccc(N4c5nc6ccccc6n5C5C=CC=CC54)cc1-3)C(C)(C)c1ccc(C([2H])([2H])C)cc1O2. The molecule has 0 saturated heterocycles. The van der Waals surface area contributed by atoms with E-state index in [1.165, 1.54) is 6.92 Å². The Kier molecular flexibility index (Phi) is 6.23. The van der Waals surface area contributed by atoms with Gasteiger partial charge in [0.15, 0.2) is 0 Å². The highest BCUT2D eigenvalue weighted by atomic mass is 16.5. The van der Waals surface area contributed by atoms with Crippen LogP contribution in [0.4, 0.5) is 11.6 Å². The number of anilines is 2. The Labute approximate surface area is 352 Å². The Bertz CT molecular complexity index is 3350. The van der Waals surface area contributed by atoms with Crippen LogP contribution in [0.2, 0.25) is 0 Å². The number of ether oxygens (including phenoxy) is 1. The van der Waals surface area contributed by atoms with Crippen LogP contribution in [-0.2, 0) is 11.8 Å². The van der Waals surface area contributed by atoms with E-state index in [-0.39, 0.29) is 17.6 Å². The second kappa shape index (κ2) is 12.5. The number of rotatable bonds is 3. The van der Waals surface area contributed by atoms with Gasteiger partial charge in [0.25, 0.3) is 0 Å².